The molecule has 0 saturated heterocycles. The van der Waals surface area contributed by atoms with Crippen molar-refractivity contribution in [1.82, 2.24) is 15.1 Å². The fourth-order valence-corrected chi connectivity index (χ4v) is 1.20. The van der Waals surface area contributed by atoms with Crippen LogP contribution in [0.15, 0.2) is 4.99 Å². The average molecular weight is 198 g/mol. The summed E-state index contributed by atoms with van der Waals surface area (Å²) >= 11 is 0. The highest BCUT2D eigenvalue weighted by Crippen LogP contribution is 2.01. The van der Waals surface area contributed by atoms with E-state index in [9.17, 15) is 4.79 Å². The van der Waals surface area contributed by atoms with E-state index in [4.69, 9.17) is 0 Å². The van der Waals surface area contributed by atoms with Crippen LogP contribution in [0.4, 0.5) is 4.79 Å². The van der Waals surface area contributed by atoms with E-state index in [1.165, 1.54) is 0 Å². The number of carbonyl (C=O) groups is 1. The van der Waals surface area contributed by atoms with E-state index in [1.807, 2.05) is 25.9 Å². The van der Waals surface area contributed by atoms with Crippen LogP contribution in [0.2, 0.25) is 0 Å². The lowest BCUT2D eigenvalue weighted by Crippen LogP contribution is -2.41. The highest BCUT2D eigenvalue weighted by molar-refractivity contribution is 5.87. The molecule has 0 aliphatic carbocycles. The van der Waals surface area contributed by atoms with Crippen molar-refractivity contribution in [2.45, 2.75) is 13.0 Å². The molecule has 5 heteroatoms. The highest BCUT2D eigenvalue weighted by atomic mass is 16.2. The normalized spacial score (nSPS) is 20.6. The SMILES string of the molecule is CC1CN(C(=O)NCCN(C)C)C=N1. The number of hydrogen-bond donors (Lipinski definition) is 1. The maximum absolute atomic E-state index is 11.5. The Morgan fingerprint density at radius 2 is 2.43 bits per heavy atom. The van der Waals surface area contributed by atoms with E-state index in [-0.39, 0.29) is 12.1 Å². The Labute approximate surface area is 84.8 Å². The minimum absolute atomic E-state index is 0.0556. The number of hydrogen-bond acceptors (Lipinski definition) is 3. The van der Waals surface area contributed by atoms with Crippen LogP contribution < -0.4 is 5.32 Å². The Morgan fingerprint density at radius 1 is 1.71 bits per heavy atom. The third kappa shape index (κ3) is 3.33. The van der Waals surface area contributed by atoms with Crippen molar-refractivity contribution in [3.05, 3.63) is 0 Å². The summed E-state index contributed by atoms with van der Waals surface area (Å²) < 4.78 is 0. The molecule has 1 rings (SSSR count). The fraction of sp³-hybridized carbons (Fsp3) is 0.778. The minimum atomic E-state index is -0.0556. The molecule has 0 saturated carbocycles. The first-order chi connectivity index (χ1) is 6.59. The Hall–Kier alpha value is -1.10. The van der Waals surface area contributed by atoms with Gasteiger partial charge in [0.2, 0.25) is 0 Å². The second kappa shape index (κ2) is 4.95. The van der Waals surface area contributed by atoms with Gasteiger partial charge < -0.3 is 10.2 Å². The van der Waals surface area contributed by atoms with E-state index < -0.39 is 0 Å². The van der Waals surface area contributed by atoms with Gasteiger partial charge in [0.25, 0.3) is 0 Å². The lowest BCUT2D eigenvalue weighted by Gasteiger charge is -2.15. The molecule has 0 aromatic heterocycles. The van der Waals surface area contributed by atoms with E-state index >= 15 is 0 Å². The van der Waals surface area contributed by atoms with Gasteiger partial charge in [-0.3, -0.25) is 9.89 Å². The molecule has 5 nitrogen and oxygen atoms in total. The predicted octanol–water partition coefficient (Wildman–Crippen LogP) is -0.01000. The zero-order valence-corrected chi connectivity index (χ0v) is 9.03. The lowest BCUT2D eigenvalue weighted by atomic mass is 10.4. The van der Waals surface area contributed by atoms with Crippen LogP contribution in [0, 0.1) is 0 Å². The van der Waals surface area contributed by atoms with Gasteiger partial charge in [-0.05, 0) is 21.0 Å². The first-order valence-electron chi connectivity index (χ1n) is 4.82. The number of nitrogens with zero attached hydrogens (tertiary/aromatic N) is 3. The number of carbonyl (C=O) groups excluding carboxylic acids is 1. The van der Waals surface area contributed by atoms with Crippen molar-refractivity contribution in [1.29, 1.82) is 0 Å². The molecule has 0 aromatic rings. The van der Waals surface area contributed by atoms with Crippen molar-refractivity contribution in [2.24, 2.45) is 4.99 Å². The Morgan fingerprint density at radius 3 is 2.93 bits per heavy atom. The molecule has 0 radical (unpaired) electrons. The van der Waals surface area contributed by atoms with Crippen molar-refractivity contribution in [2.75, 3.05) is 33.7 Å². The summed E-state index contributed by atoms with van der Waals surface area (Å²) in [5.41, 5.74) is 0. The van der Waals surface area contributed by atoms with Crippen molar-refractivity contribution in [3.63, 3.8) is 0 Å². The molecule has 1 atom stereocenters. The predicted molar refractivity (Wildman–Crippen MR) is 56.6 cm³/mol. The van der Waals surface area contributed by atoms with Gasteiger partial charge in [0, 0.05) is 13.1 Å². The number of nitrogens with one attached hydrogen (secondary N) is 1. The summed E-state index contributed by atoms with van der Waals surface area (Å²) in [6.45, 7) is 4.20. The van der Waals surface area contributed by atoms with E-state index in [2.05, 4.69) is 10.3 Å². The summed E-state index contributed by atoms with van der Waals surface area (Å²) in [7, 11) is 3.96. The van der Waals surface area contributed by atoms with E-state index in [0.29, 0.717) is 13.1 Å². The number of urea groups is 1. The van der Waals surface area contributed by atoms with Crippen molar-refractivity contribution < 1.29 is 4.79 Å². The maximum atomic E-state index is 11.5. The van der Waals surface area contributed by atoms with Gasteiger partial charge in [-0.25, -0.2) is 4.79 Å². The average Bonchev–Trinajstić information content (AvgIpc) is 2.51. The van der Waals surface area contributed by atoms with Crippen LogP contribution in [0.25, 0.3) is 0 Å². The molecule has 1 heterocycles. The molecular formula is C9H18N4O. The lowest BCUT2D eigenvalue weighted by molar-refractivity contribution is 0.221. The molecule has 14 heavy (non-hydrogen) atoms. The topological polar surface area (TPSA) is 47.9 Å². The second-order valence-corrected chi connectivity index (χ2v) is 3.80. The van der Waals surface area contributed by atoms with Crippen LogP contribution in [0.3, 0.4) is 0 Å². The Bertz CT molecular complexity index is 227. The maximum Gasteiger partial charge on any atom is 0.322 e. The van der Waals surface area contributed by atoms with Gasteiger partial charge in [0.15, 0.2) is 0 Å². The summed E-state index contributed by atoms with van der Waals surface area (Å²) in [4.78, 5) is 19.2. The molecule has 0 fully saturated rings. The van der Waals surface area contributed by atoms with E-state index in [1.54, 1.807) is 11.2 Å². The number of aliphatic imine (C=N–C) groups is 1. The number of likely N-dealkylation sites (N-methyl/N-ethyl adjacent to an activating group) is 1. The standard InChI is InChI=1S/C9H18N4O/c1-8-6-13(7-11-8)9(14)10-4-5-12(2)3/h7-8H,4-6H2,1-3H3,(H,10,14). The zero-order valence-electron chi connectivity index (χ0n) is 9.03. The van der Waals surface area contributed by atoms with Gasteiger partial charge in [-0.15, -0.1) is 0 Å². The number of rotatable bonds is 3. The van der Waals surface area contributed by atoms with Crippen LogP contribution >= 0.6 is 0 Å². The molecule has 1 unspecified atom stereocenters. The van der Waals surface area contributed by atoms with Gasteiger partial charge >= 0.3 is 6.03 Å². The Kier molecular flexibility index (Phi) is 3.88. The summed E-state index contributed by atoms with van der Waals surface area (Å²) in [6.07, 6.45) is 1.61. The fourth-order valence-electron chi connectivity index (χ4n) is 1.20. The molecular weight excluding hydrogens is 180 g/mol. The van der Waals surface area contributed by atoms with Crippen LogP contribution in [-0.2, 0) is 0 Å². The molecule has 0 aromatic carbocycles. The summed E-state index contributed by atoms with van der Waals surface area (Å²) in [5, 5.41) is 2.83. The third-order valence-electron chi connectivity index (χ3n) is 2.02. The largest absolute Gasteiger partial charge is 0.336 e. The molecule has 0 bridgehead atoms. The molecule has 0 spiro atoms. The Balaban J connectivity index is 2.19. The molecule has 1 aliphatic heterocycles. The van der Waals surface area contributed by atoms with Gasteiger partial charge in [-0.2, -0.15) is 0 Å². The molecule has 1 N–H and O–H groups in total. The van der Waals surface area contributed by atoms with Crippen molar-refractivity contribution in [3.8, 4) is 0 Å². The molecule has 2 amide bonds. The van der Waals surface area contributed by atoms with E-state index in [0.717, 1.165) is 6.54 Å². The van der Waals surface area contributed by atoms with Crippen LogP contribution in [0.5, 0.6) is 0 Å². The highest BCUT2D eigenvalue weighted by Gasteiger charge is 2.18. The van der Waals surface area contributed by atoms with Gasteiger partial charge in [0.05, 0.1) is 18.9 Å². The van der Waals surface area contributed by atoms with Gasteiger partial charge in [-0.1, -0.05) is 0 Å². The smallest absolute Gasteiger partial charge is 0.322 e. The summed E-state index contributed by atoms with van der Waals surface area (Å²) in [6, 6.07) is 0.176. The first-order valence-corrected chi connectivity index (χ1v) is 4.82. The number of amides is 2. The molecule has 1 aliphatic rings. The third-order valence-corrected chi connectivity index (χ3v) is 2.02. The second-order valence-electron chi connectivity index (χ2n) is 3.80. The first kappa shape index (κ1) is 11.0. The van der Waals surface area contributed by atoms with Crippen LogP contribution in [-0.4, -0.2) is 61.9 Å². The summed E-state index contributed by atoms with van der Waals surface area (Å²) in [5.74, 6) is 0. The van der Waals surface area contributed by atoms with Gasteiger partial charge in [0.1, 0.15) is 0 Å². The van der Waals surface area contributed by atoms with Crippen molar-refractivity contribution >= 4 is 12.4 Å². The quantitative estimate of drug-likeness (QED) is 0.693. The van der Waals surface area contributed by atoms with Crippen LogP contribution in [0.1, 0.15) is 6.92 Å². The minimum Gasteiger partial charge on any atom is -0.336 e. The molecule has 80 valence electrons. The zero-order chi connectivity index (χ0) is 10.6. The monoisotopic (exact) mass is 198 g/mol.